The van der Waals surface area contributed by atoms with Crippen molar-refractivity contribution in [2.45, 2.75) is 0 Å². The summed E-state index contributed by atoms with van der Waals surface area (Å²) >= 11 is 0. The monoisotopic (exact) mass is 690 g/mol. The summed E-state index contributed by atoms with van der Waals surface area (Å²) in [5.74, 6) is 2.14. The average molecular weight is 690 g/mol. The van der Waals surface area contributed by atoms with Crippen LogP contribution in [0, 0.1) is 0 Å². The van der Waals surface area contributed by atoms with E-state index in [0.29, 0.717) is 0 Å². The normalized spacial score (nSPS) is 14.3. The number of para-hydroxylation sites is 4. The summed E-state index contributed by atoms with van der Waals surface area (Å²) in [6.07, 6.45) is 6.33. The van der Waals surface area contributed by atoms with Crippen LogP contribution in [0.25, 0.3) is 55.0 Å². The summed E-state index contributed by atoms with van der Waals surface area (Å²) in [6, 6.07) is 63.4. The van der Waals surface area contributed by atoms with Gasteiger partial charge < -0.3 is 23.1 Å². The molecule has 2 aliphatic heterocycles. The average Bonchev–Trinajstić information content (AvgIpc) is 3.76. The number of aromatic nitrogens is 2. The van der Waals surface area contributed by atoms with Gasteiger partial charge in [-0.3, -0.25) is 0 Å². The molecular weight excluding hydrogens is 657 g/mol. The molecule has 4 heterocycles. The third-order valence-electron chi connectivity index (χ3n) is 11.1. The van der Waals surface area contributed by atoms with Crippen molar-refractivity contribution in [3.8, 4) is 11.4 Å². The second-order valence-electron chi connectivity index (χ2n) is 14.1. The predicted octanol–water partition coefficient (Wildman–Crippen LogP) is 8.92. The van der Waals surface area contributed by atoms with Gasteiger partial charge in [-0.2, -0.15) is 0 Å². The second kappa shape index (κ2) is 12.5. The van der Waals surface area contributed by atoms with E-state index >= 15 is 0 Å². The van der Waals surface area contributed by atoms with Crippen molar-refractivity contribution in [1.82, 2.24) is 13.9 Å². The molecule has 252 valence electrons. The standard InChI is InChI=1S/C46H33B3N4O/c1-3-15-35(16-4-1)49-53(37-17-5-2-6-18-37)48(50-32-14-13-31-47(50)54-49)34-25-27-36(28-26-34)51-45-24-12-9-21-41(45)42-33-38(29-30-46(42)51)52-43-22-10-7-19-39(43)40-20-8-11-23-44(40)52/h1-33H. The summed E-state index contributed by atoms with van der Waals surface area (Å²) < 4.78 is 16.4. The van der Waals surface area contributed by atoms with Crippen LogP contribution < -0.4 is 15.6 Å². The Morgan fingerprint density at radius 1 is 0.407 bits per heavy atom. The molecule has 11 rings (SSSR count). The second-order valence-corrected chi connectivity index (χ2v) is 14.1. The van der Waals surface area contributed by atoms with Gasteiger partial charge in [-0.15, -0.1) is 0 Å². The van der Waals surface area contributed by atoms with Gasteiger partial charge in [-0.1, -0.05) is 127 Å². The molecule has 8 heteroatoms. The molecule has 0 atom stereocenters. The first-order valence-electron chi connectivity index (χ1n) is 18.6. The Kier molecular flexibility index (Phi) is 7.17. The molecular formula is C46H33B3N4O. The molecule has 1 saturated heterocycles. The molecule has 2 aliphatic rings. The zero-order valence-corrected chi connectivity index (χ0v) is 29.5. The molecule has 0 unspecified atom stereocenters. The minimum Gasteiger partial charge on any atom is -0.456 e. The van der Waals surface area contributed by atoms with Crippen LogP contribution in [0.5, 0.6) is 0 Å². The van der Waals surface area contributed by atoms with Gasteiger partial charge in [0.25, 0.3) is 0 Å². The van der Waals surface area contributed by atoms with Crippen molar-refractivity contribution < 1.29 is 4.57 Å². The van der Waals surface area contributed by atoms with E-state index in [1.54, 1.807) is 0 Å². The number of hydrogen-bond donors (Lipinski definition) is 0. The molecule has 7 aromatic carbocycles. The van der Waals surface area contributed by atoms with Crippen LogP contribution in [0.2, 0.25) is 0 Å². The van der Waals surface area contributed by atoms with Crippen LogP contribution in [0.4, 0.5) is 5.69 Å². The smallest absolute Gasteiger partial charge is 0.427 e. The van der Waals surface area contributed by atoms with Gasteiger partial charge in [0.1, 0.15) is 0 Å². The van der Waals surface area contributed by atoms with Crippen LogP contribution in [-0.4, -0.2) is 34.9 Å². The molecule has 9 aromatic rings. The van der Waals surface area contributed by atoms with Gasteiger partial charge in [0, 0.05) is 38.6 Å². The highest BCUT2D eigenvalue weighted by Gasteiger charge is 2.50. The molecule has 0 N–H and O–H groups in total. The van der Waals surface area contributed by atoms with Crippen LogP contribution in [0.3, 0.4) is 0 Å². The van der Waals surface area contributed by atoms with Gasteiger partial charge in [-0.05, 0) is 83.9 Å². The third-order valence-corrected chi connectivity index (χ3v) is 11.1. The number of rotatable bonds is 5. The maximum Gasteiger partial charge on any atom is 0.427 e. The zero-order chi connectivity index (χ0) is 35.6. The van der Waals surface area contributed by atoms with Crippen LogP contribution >= 0.6 is 0 Å². The Morgan fingerprint density at radius 3 is 1.61 bits per heavy atom. The Labute approximate surface area is 315 Å². The first kappa shape index (κ1) is 31.0. The van der Waals surface area contributed by atoms with E-state index in [1.807, 2.05) is 0 Å². The summed E-state index contributed by atoms with van der Waals surface area (Å²) in [6.45, 7) is -0.112. The lowest BCUT2D eigenvalue weighted by Gasteiger charge is -2.49. The highest BCUT2D eigenvalue weighted by molar-refractivity contribution is 7.00. The van der Waals surface area contributed by atoms with Gasteiger partial charge >= 0.3 is 21.1 Å². The molecule has 2 aromatic heterocycles. The van der Waals surface area contributed by atoms with Crippen molar-refractivity contribution in [1.29, 1.82) is 0 Å². The molecule has 0 saturated carbocycles. The Hall–Kier alpha value is -6.63. The first-order valence-corrected chi connectivity index (χ1v) is 18.6. The summed E-state index contributed by atoms with van der Waals surface area (Å²) in [5.41, 5.74) is 10.5. The summed E-state index contributed by atoms with van der Waals surface area (Å²) in [7, 11) is -0.484. The Morgan fingerprint density at radius 2 is 0.944 bits per heavy atom. The highest BCUT2D eigenvalue weighted by Crippen LogP contribution is 2.37. The molecule has 0 aliphatic carbocycles. The number of anilines is 1. The lowest BCUT2D eigenvalue weighted by molar-refractivity contribution is 0.538. The minimum absolute atomic E-state index is 0.112. The van der Waals surface area contributed by atoms with Crippen molar-refractivity contribution in [3.05, 3.63) is 200 Å². The fourth-order valence-electron chi connectivity index (χ4n) is 8.74. The van der Waals surface area contributed by atoms with Crippen molar-refractivity contribution >= 4 is 81.3 Å². The number of allylic oxidation sites excluding steroid dienone is 2. The van der Waals surface area contributed by atoms with Gasteiger partial charge in [-0.25, -0.2) is 0 Å². The topological polar surface area (TPSA) is 25.6 Å². The number of hydrogen-bond acceptors (Lipinski definition) is 3. The molecule has 0 radical (unpaired) electrons. The van der Waals surface area contributed by atoms with E-state index in [4.69, 9.17) is 4.57 Å². The molecule has 54 heavy (non-hydrogen) atoms. The number of fused-ring (bicyclic) bond motifs is 7. The Bertz CT molecular complexity index is 2850. The number of nitrogens with zero attached hydrogens (tertiary/aromatic N) is 4. The van der Waals surface area contributed by atoms with E-state index in [1.165, 1.54) is 49.1 Å². The maximum absolute atomic E-state index is 6.87. The van der Waals surface area contributed by atoms with Crippen LogP contribution in [0.15, 0.2) is 200 Å². The lowest BCUT2D eigenvalue weighted by Crippen LogP contribution is -2.75. The molecule has 0 amide bonds. The third kappa shape index (κ3) is 4.80. The maximum atomic E-state index is 6.87. The van der Waals surface area contributed by atoms with Crippen molar-refractivity contribution in [2.24, 2.45) is 0 Å². The fourth-order valence-corrected chi connectivity index (χ4v) is 8.74. The molecule has 0 spiro atoms. The SMILES string of the molecule is C1=CB2OB(c3ccccc3)N(c3ccccc3)B(c3ccc(-n4c5ccccc5c5cc(-n6c7ccccc7c7ccccc76)ccc54)cc3)N2C=C1. The van der Waals surface area contributed by atoms with E-state index in [0.717, 1.165) is 22.5 Å². The lowest BCUT2D eigenvalue weighted by atomic mass is 9.45. The number of benzene rings is 7. The van der Waals surface area contributed by atoms with E-state index in [9.17, 15) is 0 Å². The van der Waals surface area contributed by atoms with Crippen molar-refractivity contribution in [2.75, 3.05) is 4.72 Å². The Balaban J connectivity index is 1.05. The van der Waals surface area contributed by atoms with E-state index in [-0.39, 0.29) is 21.1 Å². The molecule has 0 bridgehead atoms. The molecule has 1 fully saturated rings. The highest BCUT2D eigenvalue weighted by atomic mass is 16.4. The molecule has 5 nitrogen and oxygen atoms in total. The van der Waals surface area contributed by atoms with E-state index < -0.39 is 0 Å². The van der Waals surface area contributed by atoms with E-state index in [2.05, 4.69) is 219 Å². The largest absolute Gasteiger partial charge is 0.456 e. The summed E-state index contributed by atoms with van der Waals surface area (Å²) in [4.78, 5) is 0. The zero-order valence-electron chi connectivity index (χ0n) is 29.5. The first-order chi connectivity index (χ1) is 26.8. The summed E-state index contributed by atoms with van der Waals surface area (Å²) in [5, 5.41) is 5.00. The van der Waals surface area contributed by atoms with Gasteiger partial charge in [0.15, 0.2) is 0 Å². The van der Waals surface area contributed by atoms with Crippen molar-refractivity contribution in [3.63, 3.8) is 0 Å². The quantitative estimate of drug-likeness (QED) is 0.169. The van der Waals surface area contributed by atoms with Crippen LogP contribution in [0.1, 0.15) is 0 Å². The fraction of sp³-hybridized carbons (Fsp3) is 0. The minimum atomic E-state index is -0.281. The van der Waals surface area contributed by atoms with Crippen LogP contribution in [-0.2, 0) is 4.57 Å². The predicted molar refractivity (Wildman–Crippen MR) is 228 cm³/mol. The van der Waals surface area contributed by atoms with Gasteiger partial charge in [0.05, 0.1) is 22.1 Å². The van der Waals surface area contributed by atoms with Gasteiger partial charge in [0.2, 0.25) is 0 Å².